The monoisotopic (exact) mass is 259 g/mol. The van der Waals surface area contributed by atoms with Crippen LogP contribution in [0.4, 0.5) is 0 Å². The van der Waals surface area contributed by atoms with Crippen LogP contribution in [0.2, 0.25) is 0 Å². The fourth-order valence-electron chi connectivity index (χ4n) is 1.61. The minimum absolute atomic E-state index is 0.133. The molecule has 0 aliphatic rings. The van der Waals surface area contributed by atoms with Gasteiger partial charge in [-0.25, -0.2) is 0 Å². The normalized spacial score (nSPS) is 10.5. The van der Waals surface area contributed by atoms with Crippen LogP contribution in [-0.4, -0.2) is 72.6 Å². The summed E-state index contributed by atoms with van der Waals surface area (Å²) in [5.41, 5.74) is 0. The second-order valence-corrected chi connectivity index (χ2v) is 3.89. The van der Waals surface area contributed by atoms with Crippen molar-refractivity contribution in [2.75, 3.05) is 45.9 Å². The van der Waals surface area contributed by atoms with Crippen LogP contribution in [0.5, 0.6) is 0 Å². The number of likely N-dealkylation sites (N-methyl/N-ethyl adjacent to an activating group) is 2. The number of aliphatic hydroxyl groups excluding tert-OH is 1. The second-order valence-electron chi connectivity index (χ2n) is 3.89. The predicted octanol–water partition coefficient (Wildman–Crippen LogP) is -0.715. The van der Waals surface area contributed by atoms with E-state index in [1.54, 1.807) is 6.92 Å². The summed E-state index contributed by atoms with van der Waals surface area (Å²) in [6.07, 6.45) is 0. The molecule has 6 heteroatoms. The smallest absolute Gasteiger partial charge is 0.311 e. The molecule has 2 N–H and O–H groups in total. The highest BCUT2D eigenvalue weighted by Crippen LogP contribution is 1.90. The maximum absolute atomic E-state index is 11.7. The summed E-state index contributed by atoms with van der Waals surface area (Å²) in [6, 6.07) is 0. The molecule has 0 spiro atoms. The van der Waals surface area contributed by atoms with Crippen LogP contribution in [-0.2, 0) is 9.59 Å². The topological polar surface area (TPSA) is 72.9 Å². The quantitative estimate of drug-likeness (QED) is 0.565. The molecule has 0 rings (SSSR count). The average Bonchev–Trinajstić information content (AvgIpc) is 2.39. The van der Waals surface area contributed by atoms with Gasteiger partial charge in [-0.15, -0.1) is 0 Å². The molecule has 2 amide bonds. The van der Waals surface area contributed by atoms with Gasteiger partial charge in [-0.2, -0.15) is 0 Å². The van der Waals surface area contributed by atoms with Crippen LogP contribution in [0, 0.1) is 0 Å². The summed E-state index contributed by atoms with van der Waals surface area (Å²) in [5.74, 6) is -1.18. The molecule has 0 fully saturated rings. The lowest BCUT2D eigenvalue weighted by atomic mass is 10.4. The molecule has 0 aliphatic heterocycles. The van der Waals surface area contributed by atoms with Crippen LogP contribution in [0.25, 0.3) is 0 Å². The van der Waals surface area contributed by atoms with E-state index < -0.39 is 11.8 Å². The Morgan fingerprint density at radius 1 is 1.06 bits per heavy atom. The molecule has 106 valence electrons. The first-order valence-electron chi connectivity index (χ1n) is 6.50. The summed E-state index contributed by atoms with van der Waals surface area (Å²) in [7, 11) is 0. The molecule has 0 radical (unpaired) electrons. The highest BCUT2D eigenvalue weighted by molar-refractivity contribution is 6.34. The van der Waals surface area contributed by atoms with Crippen LogP contribution in [0.3, 0.4) is 0 Å². The number of carbonyl (C=O) groups is 2. The molecular formula is C12H25N3O3. The molecular weight excluding hydrogens is 234 g/mol. The predicted molar refractivity (Wildman–Crippen MR) is 70.1 cm³/mol. The summed E-state index contributed by atoms with van der Waals surface area (Å²) in [5, 5.41) is 11.4. The van der Waals surface area contributed by atoms with Crippen molar-refractivity contribution in [3.63, 3.8) is 0 Å². The minimum Gasteiger partial charge on any atom is -0.395 e. The number of amides is 2. The molecule has 0 unspecified atom stereocenters. The third kappa shape index (κ3) is 5.97. The summed E-state index contributed by atoms with van der Waals surface area (Å²) < 4.78 is 0. The molecule has 6 nitrogen and oxygen atoms in total. The largest absolute Gasteiger partial charge is 0.395 e. The lowest BCUT2D eigenvalue weighted by Crippen LogP contribution is -2.45. The van der Waals surface area contributed by atoms with E-state index in [1.807, 2.05) is 0 Å². The molecule has 0 saturated heterocycles. The van der Waals surface area contributed by atoms with Crippen molar-refractivity contribution in [2.24, 2.45) is 0 Å². The van der Waals surface area contributed by atoms with Crippen molar-refractivity contribution in [3.8, 4) is 0 Å². The van der Waals surface area contributed by atoms with Crippen molar-refractivity contribution in [3.05, 3.63) is 0 Å². The molecule has 0 aromatic rings. The van der Waals surface area contributed by atoms with E-state index in [9.17, 15) is 9.59 Å². The minimum atomic E-state index is -0.600. The van der Waals surface area contributed by atoms with Gasteiger partial charge in [-0.1, -0.05) is 13.8 Å². The van der Waals surface area contributed by atoms with E-state index >= 15 is 0 Å². The van der Waals surface area contributed by atoms with Crippen molar-refractivity contribution >= 4 is 11.8 Å². The molecule has 0 atom stereocenters. The number of aliphatic hydroxyl groups is 1. The van der Waals surface area contributed by atoms with Gasteiger partial charge < -0.3 is 20.2 Å². The molecule has 0 heterocycles. The molecule has 0 aromatic heterocycles. The number of nitrogens with zero attached hydrogens (tertiary/aromatic N) is 2. The van der Waals surface area contributed by atoms with Gasteiger partial charge in [0.25, 0.3) is 0 Å². The fourth-order valence-corrected chi connectivity index (χ4v) is 1.61. The van der Waals surface area contributed by atoms with E-state index in [4.69, 9.17) is 5.11 Å². The highest BCUT2D eigenvalue weighted by atomic mass is 16.3. The summed E-state index contributed by atoms with van der Waals surface area (Å²) in [6.45, 7) is 9.40. The Morgan fingerprint density at radius 2 is 1.67 bits per heavy atom. The van der Waals surface area contributed by atoms with Gasteiger partial charge in [-0.05, 0) is 20.0 Å². The Hall–Kier alpha value is -1.14. The molecule has 18 heavy (non-hydrogen) atoms. The Kier molecular flexibility index (Phi) is 9.22. The Bertz CT molecular complexity index is 255. The van der Waals surface area contributed by atoms with Gasteiger partial charge in [0.15, 0.2) is 0 Å². The lowest BCUT2D eigenvalue weighted by molar-refractivity contribution is -0.146. The lowest BCUT2D eigenvalue weighted by Gasteiger charge is -2.20. The molecule has 0 saturated carbocycles. The van der Waals surface area contributed by atoms with Crippen molar-refractivity contribution in [1.29, 1.82) is 0 Å². The van der Waals surface area contributed by atoms with E-state index in [0.29, 0.717) is 13.1 Å². The van der Waals surface area contributed by atoms with Gasteiger partial charge in [0.2, 0.25) is 0 Å². The maximum atomic E-state index is 11.7. The summed E-state index contributed by atoms with van der Waals surface area (Å²) >= 11 is 0. The van der Waals surface area contributed by atoms with E-state index in [-0.39, 0.29) is 13.2 Å². The Labute approximate surface area is 109 Å². The zero-order chi connectivity index (χ0) is 14.0. The standard InChI is InChI=1S/C12H25N3O3/c1-4-14(5-2)8-7-13-11(17)12(18)15(6-3)9-10-16/h16H,4-10H2,1-3H3,(H,13,17). The van der Waals surface area contributed by atoms with Crippen molar-refractivity contribution in [2.45, 2.75) is 20.8 Å². The number of carbonyl (C=O) groups excluding carboxylic acids is 2. The van der Waals surface area contributed by atoms with E-state index in [0.717, 1.165) is 19.6 Å². The third-order valence-electron chi connectivity index (χ3n) is 2.84. The van der Waals surface area contributed by atoms with E-state index in [2.05, 4.69) is 24.1 Å². The highest BCUT2D eigenvalue weighted by Gasteiger charge is 2.19. The second kappa shape index (κ2) is 9.85. The van der Waals surface area contributed by atoms with Crippen LogP contribution < -0.4 is 5.32 Å². The first kappa shape index (κ1) is 16.9. The summed E-state index contributed by atoms with van der Waals surface area (Å²) in [4.78, 5) is 26.7. The van der Waals surface area contributed by atoms with Crippen LogP contribution in [0.1, 0.15) is 20.8 Å². The first-order chi connectivity index (χ1) is 8.60. The van der Waals surface area contributed by atoms with Crippen LogP contribution >= 0.6 is 0 Å². The van der Waals surface area contributed by atoms with Gasteiger partial charge in [0, 0.05) is 26.2 Å². The van der Waals surface area contributed by atoms with Gasteiger partial charge in [0.1, 0.15) is 0 Å². The fraction of sp³-hybridized carbons (Fsp3) is 0.833. The van der Waals surface area contributed by atoms with Crippen molar-refractivity contribution < 1.29 is 14.7 Å². The first-order valence-corrected chi connectivity index (χ1v) is 6.50. The molecule has 0 bridgehead atoms. The van der Waals surface area contributed by atoms with Gasteiger partial charge in [0.05, 0.1) is 6.61 Å². The third-order valence-corrected chi connectivity index (χ3v) is 2.84. The number of hydrogen-bond donors (Lipinski definition) is 2. The zero-order valence-electron chi connectivity index (χ0n) is 11.6. The SMILES string of the molecule is CCN(CC)CCNC(=O)C(=O)N(CC)CCO. The number of rotatable bonds is 8. The van der Waals surface area contributed by atoms with Gasteiger partial charge >= 0.3 is 11.8 Å². The van der Waals surface area contributed by atoms with Crippen LogP contribution in [0.15, 0.2) is 0 Å². The number of nitrogens with one attached hydrogen (secondary N) is 1. The molecule has 0 aromatic carbocycles. The van der Waals surface area contributed by atoms with Crippen molar-refractivity contribution in [1.82, 2.24) is 15.1 Å². The maximum Gasteiger partial charge on any atom is 0.311 e. The Morgan fingerprint density at radius 3 is 2.11 bits per heavy atom. The van der Waals surface area contributed by atoms with E-state index in [1.165, 1.54) is 4.90 Å². The average molecular weight is 259 g/mol. The number of hydrogen-bond acceptors (Lipinski definition) is 4. The molecule has 0 aliphatic carbocycles. The Balaban J connectivity index is 4.04. The van der Waals surface area contributed by atoms with Gasteiger partial charge in [-0.3, -0.25) is 9.59 Å². The zero-order valence-corrected chi connectivity index (χ0v) is 11.6.